The molecule has 0 aromatic heterocycles. The maximum Gasteiger partial charge on any atom is 0.324 e. The van der Waals surface area contributed by atoms with E-state index in [-0.39, 0.29) is 42.9 Å². The van der Waals surface area contributed by atoms with Crippen LogP contribution in [0.3, 0.4) is 0 Å². The molecule has 1 aromatic rings. The normalized spacial score (nSPS) is 24.0. The lowest BCUT2D eigenvalue weighted by Gasteiger charge is -2.25. The summed E-state index contributed by atoms with van der Waals surface area (Å²) in [6.45, 7) is 0.236. The van der Waals surface area contributed by atoms with Gasteiger partial charge in [-0.1, -0.05) is 18.6 Å². The number of benzene rings is 1. The van der Waals surface area contributed by atoms with E-state index in [0.29, 0.717) is 12.1 Å². The molecule has 2 atom stereocenters. The van der Waals surface area contributed by atoms with Crippen molar-refractivity contribution in [3.05, 3.63) is 29.8 Å². The van der Waals surface area contributed by atoms with Gasteiger partial charge >= 0.3 is 6.03 Å². The zero-order chi connectivity index (χ0) is 17.1. The molecular weight excluding hydrogens is 308 g/mol. The predicted octanol–water partition coefficient (Wildman–Crippen LogP) is 1.19. The van der Waals surface area contributed by atoms with Crippen molar-refractivity contribution in [3.8, 4) is 0 Å². The van der Waals surface area contributed by atoms with E-state index in [1.807, 2.05) is 6.07 Å². The second-order valence-electron chi connectivity index (χ2n) is 6.45. The number of nitrogens with zero attached hydrogens (tertiary/aromatic N) is 1. The lowest BCUT2D eigenvalue weighted by Crippen LogP contribution is -2.34. The molecule has 1 heterocycles. The molecule has 1 aliphatic carbocycles. The molecule has 3 rings (SSSR count). The maximum atomic E-state index is 12.4. The zero-order valence-corrected chi connectivity index (χ0v) is 13.5. The number of hydrogen-bond donors (Lipinski definition) is 3. The van der Waals surface area contributed by atoms with Crippen LogP contribution in [0.15, 0.2) is 24.3 Å². The molecule has 4 amide bonds. The van der Waals surface area contributed by atoms with Crippen LogP contribution in [0.2, 0.25) is 0 Å². The quantitative estimate of drug-likeness (QED) is 0.721. The van der Waals surface area contributed by atoms with E-state index >= 15 is 0 Å². The summed E-state index contributed by atoms with van der Waals surface area (Å²) in [7, 11) is 0. The fourth-order valence-corrected chi connectivity index (χ4v) is 3.26. The minimum Gasteiger partial charge on any atom is -0.329 e. The van der Waals surface area contributed by atoms with Gasteiger partial charge in [-0.15, -0.1) is 0 Å². The van der Waals surface area contributed by atoms with E-state index < -0.39 is 0 Å². The number of urea groups is 1. The summed E-state index contributed by atoms with van der Waals surface area (Å²) < 4.78 is 0. The van der Waals surface area contributed by atoms with Crippen LogP contribution < -0.4 is 16.4 Å². The van der Waals surface area contributed by atoms with Crippen molar-refractivity contribution >= 4 is 23.5 Å². The second-order valence-corrected chi connectivity index (χ2v) is 6.45. The van der Waals surface area contributed by atoms with Gasteiger partial charge in [-0.25, -0.2) is 4.79 Å². The molecule has 7 nitrogen and oxygen atoms in total. The Bertz CT molecular complexity index is 645. The van der Waals surface area contributed by atoms with Crippen molar-refractivity contribution in [1.29, 1.82) is 0 Å². The molecule has 128 valence electrons. The van der Waals surface area contributed by atoms with Gasteiger partial charge < -0.3 is 16.4 Å². The van der Waals surface area contributed by atoms with Crippen LogP contribution in [0, 0.1) is 5.92 Å². The Morgan fingerprint density at radius 3 is 2.88 bits per heavy atom. The van der Waals surface area contributed by atoms with Crippen molar-refractivity contribution in [2.45, 2.75) is 38.3 Å². The smallest absolute Gasteiger partial charge is 0.324 e. The van der Waals surface area contributed by atoms with Crippen molar-refractivity contribution in [2.75, 3.05) is 11.9 Å². The molecule has 0 spiro atoms. The SMILES string of the molecule is NC1CCCC(C(=O)Nc2cccc(CN3C(=O)CNC3=O)c2)C1. The van der Waals surface area contributed by atoms with Crippen LogP contribution in [-0.4, -0.2) is 35.3 Å². The molecule has 2 unspecified atom stereocenters. The number of anilines is 1. The summed E-state index contributed by atoms with van der Waals surface area (Å²) in [6.07, 6.45) is 3.53. The van der Waals surface area contributed by atoms with Gasteiger partial charge in [0.25, 0.3) is 0 Å². The third kappa shape index (κ3) is 3.73. The summed E-state index contributed by atoms with van der Waals surface area (Å²) in [6, 6.07) is 6.93. The lowest BCUT2D eigenvalue weighted by molar-refractivity contribution is -0.125. The number of carbonyl (C=O) groups excluding carboxylic acids is 3. The van der Waals surface area contributed by atoms with E-state index in [2.05, 4.69) is 10.6 Å². The first-order valence-electron chi connectivity index (χ1n) is 8.26. The molecule has 2 fully saturated rings. The summed E-state index contributed by atoms with van der Waals surface area (Å²) in [5.41, 5.74) is 7.40. The summed E-state index contributed by atoms with van der Waals surface area (Å²) in [4.78, 5) is 36.8. The molecule has 0 radical (unpaired) electrons. The maximum absolute atomic E-state index is 12.4. The Morgan fingerprint density at radius 1 is 1.33 bits per heavy atom. The van der Waals surface area contributed by atoms with Gasteiger partial charge in [0.1, 0.15) is 0 Å². The van der Waals surface area contributed by atoms with E-state index in [0.717, 1.165) is 24.8 Å². The van der Waals surface area contributed by atoms with Crippen LogP contribution in [0.1, 0.15) is 31.2 Å². The number of nitrogens with one attached hydrogen (secondary N) is 2. The van der Waals surface area contributed by atoms with E-state index in [4.69, 9.17) is 5.73 Å². The standard InChI is InChI=1S/C17H22N4O3/c18-13-5-2-4-12(8-13)16(23)20-14-6-1-3-11(7-14)10-21-15(22)9-19-17(21)24/h1,3,6-7,12-13H,2,4-5,8-10,18H2,(H,19,24)(H,20,23). The van der Waals surface area contributed by atoms with Crippen LogP contribution in [-0.2, 0) is 16.1 Å². The van der Waals surface area contributed by atoms with E-state index in [1.54, 1.807) is 18.2 Å². The average Bonchev–Trinajstić information content (AvgIpc) is 2.87. The number of carbonyl (C=O) groups is 3. The molecule has 1 saturated carbocycles. The monoisotopic (exact) mass is 330 g/mol. The lowest BCUT2D eigenvalue weighted by atomic mass is 9.85. The van der Waals surface area contributed by atoms with Gasteiger partial charge in [-0.3, -0.25) is 14.5 Å². The van der Waals surface area contributed by atoms with Gasteiger partial charge in [0.05, 0.1) is 13.1 Å². The molecular formula is C17H22N4O3. The zero-order valence-electron chi connectivity index (χ0n) is 13.5. The number of imide groups is 1. The molecule has 1 aliphatic heterocycles. The molecule has 24 heavy (non-hydrogen) atoms. The highest BCUT2D eigenvalue weighted by molar-refractivity contribution is 6.01. The highest BCUT2D eigenvalue weighted by Gasteiger charge is 2.28. The van der Waals surface area contributed by atoms with Gasteiger partial charge in [-0.05, 0) is 37.0 Å². The molecule has 1 saturated heterocycles. The Labute approximate surface area is 140 Å². The summed E-state index contributed by atoms with van der Waals surface area (Å²) in [5.74, 6) is -0.314. The Balaban J connectivity index is 1.63. The molecule has 7 heteroatoms. The van der Waals surface area contributed by atoms with Crippen LogP contribution >= 0.6 is 0 Å². The van der Waals surface area contributed by atoms with Crippen LogP contribution in [0.4, 0.5) is 10.5 Å². The first-order chi connectivity index (χ1) is 11.5. The predicted molar refractivity (Wildman–Crippen MR) is 89.0 cm³/mol. The second kappa shape index (κ2) is 7.00. The van der Waals surface area contributed by atoms with Crippen molar-refractivity contribution in [1.82, 2.24) is 10.2 Å². The number of hydrogen-bond acceptors (Lipinski definition) is 4. The molecule has 4 N–H and O–H groups in total. The Morgan fingerprint density at radius 2 is 2.17 bits per heavy atom. The third-order valence-electron chi connectivity index (χ3n) is 4.56. The fourth-order valence-electron chi connectivity index (χ4n) is 3.26. The minimum absolute atomic E-state index is 0.0164. The highest BCUT2D eigenvalue weighted by Crippen LogP contribution is 2.25. The van der Waals surface area contributed by atoms with Gasteiger partial charge in [0.2, 0.25) is 11.8 Å². The largest absolute Gasteiger partial charge is 0.329 e. The summed E-state index contributed by atoms with van der Waals surface area (Å²) >= 11 is 0. The van der Waals surface area contributed by atoms with Crippen LogP contribution in [0.25, 0.3) is 0 Å². The number of nitrogens with two attached hydrogens (primary N) is 1. The molecule has 2 aliphatic rings. The van der Waals surface area contributed by atoms with Gasteiger partial charge in [0.15, 0.2) is 0 Å². The first kappa shape index (κ1) is 16.4. The third-order valence-corrected chi connectivity index (χ3v) is 4.56. The number of rotatable bonds is 4. The minimum atomic E-state index is -0.384. The highest BCUT2D eigenvalue weighted by atomic mass is 16.2. The molecule has 1 aromatic carbocycles. The number of amides is 4. The van der Waals surface area contributed by atoms with Gasteiger partial charge in [0, 0.05) is 17.6 Å². The van der Waals surface area contributed by atoms with E-state index in [1.165, 1.54) is 4.90 Å². The molecule has 0 bridgehead atoms. The topological polar surface area (TPSA) is 105 Å². The van der Waals surface area contributed by atoms with Crippen molar-refractivity contribution in [3.63, 3.8) is 0 Å². The van der Waals surface area contributed by atoms with Crippen LogP contribution in [0.5, 0.6) is 0 Å². The van der Waals surface area contributed by atoms with Gasteiger partial charge in [-0.2, -0.15) is 0 Å². The van der Waals surface area contributed by atoms with Crippen molar-refractivity contribution in [2.24, 2.45) is 11.7 Å². The Kier molecular flexibility index (Phi) is 4.80. The average molecular weight is 330 g/mol. The first-order valence-corrected chi connectivity index (χ1v) is 8.26. The van der Waals surface area contributed by atoms with E-state index in [9.17, 15) is 14.4 Å². The Hall–Kier alpha value is -2.41. The van der Waals surface area contributed by atoms with Crippen molar-refractivity contribution < 1.29 is 14.4 Å². The fraction of sp³-hybridized carbons (Fsp3) is 0.471. The summed E-state index contributed by atoms with van der Waals surface area (Å²) in [5, 5.41) is 5.41.